The van der Waals surface area contributed by atoms with Crippen molar-refractivity contribution in [2.75, 3.05) is 40.3 Å². The van der Waals surface area contributed by atoms with Crippen LogP contribution in [-0.2, 0) is 9.53 Å². The molecule has 0 aromatic carbocycles. The fourth-order valence-corrected chi connectivity index (χ4v) is 2.02. The van der Waals surface area contributed by atoms with Crippen molar-refractivity contribution in [3.05, 3.63) is 0 Å². The summed E-state index contributed by atoms with van der Waals surface area (Å²) in [4.78, 5) is 17.5. The lowest BCUT2D eigenvalue weighted by molar-refractivity contribution is -0.127. The lowest BCUT2D eigenvalue weighted by atomic mass is 10.1. The van der Waals surface area contributed by atoms with Gasteiger partial charge < -0.3 is 20.3 Å². The highest BCUT2D eigenvalue weighted by molar-refractivity contribution is 5.84. The number of unbranched alkanes of at least 4 members (excludes halogenated alkanes) is 1. The van der Waals surface area contributed by atoms with E-state index >= 15 is 0 Å². The van der Waals surface area contributed by atoms with E-state index in [1.807, 2.05) is 0 Å². The Labute approximate surface area is 128 Å². The fraction of sp³-hybridized carbons (Fsp3) is 0.867. The Balaban J connectivity index is 2.42. The number of likely N-dealkylation sites (N-methyl/N-ethyl adjacent to an activating group) is 1. The highest BCUT2D eigenvalue weighted by Gasteiger charge is 2.14. The first-order chi connectivity index (χ1) is 10.1. The molecule has 1 aliphatic rings. The summed E-state index contributed by atoms with van der Waals surface area (Å²) in [7, 11) is 3.48. The van der Waals surface area contributed by atoms with Gasteiger partial charge >= 0.3 is 0 Å². The molecule has 21 heavy (non-hydrogen) atoms. The van der Waals surface area contributed by atoms with Gasteiger partial charge in [0, 0.05) is 33.8 Å². The molecule has 0 aliphatic carbocycles. The second-order valence-electron chi connectivity index (χ2n) is 5.60. The second kappa shape index (κ2) is 10.4. The molecule has 0 spiro atoms. The third-order valence-corrected chi connectivity index (χ3v) is 3.47. The van der Waals surface area contributed by atoms with E-state index < -0.39 is 0 Å². The lowest BCUT2D eigenvalue weighted by Crippen LogP contribution is -2.43. The van der Waals surface area contributed by atoms with E-state index in [9.17, 15) is 4.79 Å². The maximum atomic E-state index is 11.6. The van der Waals surface area contributed by atoms with Gasteiger partial charge in [0.05, 0.1) is 6.10 Å². The van der Waals surface area contributed by atoms with Crippen LogP contribution in [0.15, 0.2) is 4.99 Å². The maximum Gasteiger partial charge on any atom is 0.243 e. The first-order valence-electron chi connectivity index (χ1n) is 7.97. The van der Waals surface area contributed by atoms with Crippen LogP contribution >= 0.6 is 0 Å². The van der Waals surface area contributed by atoms with Crippen molar-refractivity contribution in [1.29, 1.82) is 0 Å². The number of guanidine groups is 1. The molecule has 2 N–H and O–H groups in total. The molecule has 122 valence electrons. The molecule has 0 aromatic heterocycles. The second-order valence-corrected chi connectivity index (χ2v) is 5.60. The minimum Gasteiger partial charge on any atom is -0.376 e. The molecular weight excluding hydrogens is 268 g/mol. The van der Waals surface area contributed by atoms with Gasteiger partial charge in [-0.3, -0.25) is 4.79 Å². The summed E-state index contributed by atoms with van der Waals surface area (Å²) < 4.78 is 5.70. The summed E-state index contributed by atoms with van der Waals surface area (Å²) in [5.41, 5.74) is 0. The molecule has 6 nitrogen and oxygen atoms in total. The van der Waals surface area contributed by atoms with E-state index in [1.165, 1.54) is 6.42 Å². The lowest BCUT2D eigenvalue weighted by Gasteiger charge is -2.24. The number of ether oxygens (including phenoxy) is 1. The van der Waals surface area contributed by atoms with Crippen molar-refractivity contribution in [2.45, 2.75) is 45.1 Å². The van der Waals surface area contributed by atoms with Gasteiger partial charge in [0.25, 0.3) is 0 Å². The van der Waals surface area contributed by atoms with Gasteiger partial charge in [-0.05, 0) is 25.7 Å². The number of carbonyl (C=O) groups excluding carboxylic acids is 1. The van der Waals surface area contributed by atoms with Crippen LogP contribution in [0.2, 0.25) is 0 Å². The van der Waals surface area contributed by atoms with Crippen LogP contribution in [0.25, 0.3) is 0 Å². The molecule has 6 heteroatoms. The summed E-state index contributed by atoms with van der Waals surface area (Å²) in [6.07, 6.45) is 5.93. The summed E-state index contributed by atoms with van der Waals surface area (Å²) in [6.45, 7) is 4.77. The molecule has 0 bridgehead atoms. The van der Waals surface area contributed by atoms with Gasteiger partial charge in [-0.15, -0.1) is 0 Å². The van der Waals surface area contributed by atoms with Crippen LogP contribution in [0.5, 0.6) is 0 Å². The van der Waals surface area contributed by atoms with Crippen LogP contribution < -0.4 is 10.6 Å². The standard InChI is InChI=1S/C15H30N4O2/c1-4-5-9-16-15(18-12-14(20)19(2)3)17-11-13-8-6-7-10-21-13/h13H,4-12H2,1-3H3,(H2,16,17,18). The Morgan fingerprint density at radius 2 is 2.14 bits per heavy atom. The third kappa shape index (κ3) is 7.90. The Kier molecular flexibility index (Phi) is 8.82. The fourth-order valence-electron chi connectivity index (χ4n) is 2.02. The Hall–Kier alpha value is -1.30. The predicted molar refractivity (Wildman–Crippen MR) is 85.5 cm³/mol. The normalized spacial score (nSPS) is 19.2. The monoisotopic (exact) mass is 298 g/mol. The molecule has 1 rings (SSSR count). The number of nitrogens with one attached hydrogen (secondary N) is 2. The highest BCUT2D eigenvalue weighted by atomic mass is 16.5. The summed E-state index contributed by atoms with van der Waals surface area (Å²) in [5, 5.41) is 6.55. The number of amides is 1. The number of nitrogens with zero attached hydrogens (tertiary/aromatic N) is 2. The van der Waals surface area contributed by atoms with Gasteiger partial charge in [-0.2, -0.15) is 0 Å². The average Bonchev–Trinajstić information content (AvgIpc) is 2.50. The summed E-state index contributed by atoms with van der Waals surface area (Å²) in [6, 6.07) is 0. The van der Waals surface area contributed by atoms with Crippen LogP contribution in [-0.4, -0.2) is 63.2 Å². The van der Waals surface area contributed by atoms with E-state index in [4.69, 9.17) is 4.74 Å². The number of carbonyl (C=O) groups is 1. The van der Waals surface area contributed by atoms with Crippen molar-refractivity contribution in [3.8, 4) is 0 Å². The topological polar surface area (TPSA) is 66.0 Å². The Morgan fingerprint density at radius 1 is 1.33 bits per heavy atom. The van der Waals surface area contributed by atoms with Crippen molar-refractivity contribution in [1.82, 2.24) is 15.5 Å². The minimum atomic E-state index is 0.000470. The van der Waals surface area contributed by atoms with E-state index in [0.717, 1.165) is 45.4 Å². The van der Waals surface area contributed by atoms with Crippen LogP contribution in [0, 0.1) is 0 Å². The van der Waals surface area contributed by atoms with Crippen LogP contribution in [0.3, 0.4) is 0 Å². The number of hydrogen-bond acceptors (Lipinski definition) is 3. The van der Waals surface area contributed by atoms with Crippen molar-refractivity contribution < 1.29 is 9.53 Å². The molecule has 0 radical (unpaired) electrons. The number of rotatable bonds is 7. The zero-order valence-electron chi connectivity index (χ0n) is 13.7. The molecule has 1 amide bonds. The molecule has 1 unspecified atom stereocenters. The van der Waals surface area contributed by atoms with Crippen molar-refractivity contribution in [3.63, 3.8) is 0 Å². The SMILES string of the molecule is CCCCNC(=NCC(=O)N(C)C)NCC1CCCCO1. The first-order valence-corrected chi connectivity index (χ1v) is 7.97. The molecule has 1 fully saturated rings. The van der Waals surface area contributed by atoms with Crippen LogP contribution in [0.4, 0.5) is 0 Å². The van der Waals surface area contributed by atoms with E-state index in [2.05, 4.69) is 22.5 Å². The molecular formula is C15H30N4O2. The van der Waals surface area contributed by atoms with Gasteiger partial charge in [-0.25, -0.2) is 4.99 Å². The van der Waals surface area contributed by atoms with Crippen molar-refractivity contribution >= 4 is 11.9 Å². The summed E-state index contributed by atoms with van der Waals surface area (Å²) in [5.74, 6) is 0.702. The zero-order valence-corrected chi connectivity index (χ0v) is 13.7. The Bertz CT molecular complexity index is 326. The molecule has 0 aromatic rings. The average molecular weight is 298 g/mol. The van der Waals surface area contributed by atoms with E-state index in [-0.39, 0.29) is 18.6 Å². The van der Waals surface area contributed by atoms with Gasteiger partial charge in [0.1, 0.15) is 6.54 Å². The van der Waals surface area contributed by atoms with Gasteiger partial charge in [-0.1, -0.05) is 13.3 Å². The molecule has 1 aliphatic heterocycles. The number of aliphatic imine (C=N–C) groups is 1. The van der Waals surface area contributed by atoms with Gasteiger partial charge in [0.15, 0.2) is 5.96 Å². The van der Waals surface area contributed by atoms with E-state index in [0.29, 0.717) is 5.96 Å². The molecule has 1 heterocycles. The molecule has 0 saturated carbocycles. The molecule has 1 atom stereocenters. The van der Waals surface area contributed by atoms with Crippen LogP contribution in [0.1, 0.15) is 39.0 Å². The summed E-state index contributed by atoms with van der Waals surface area (Å²) >= 11 is 0. The molecule has 1 saturated heterocycles. The highest BCUT2D eigenvalue weighted by Crippen LogP contribution is 2.11. The number of hydrogen-bond donors (Lipinski definition) is 2. The largest absolute Gasteiger partial charge is 0.376 e. The van der Waals surface area contributed by atoms with Gasteiger partial charge in [0.2, 0.25) is 5.91 Å². The predicted octanol–water partition coefficient (Wildman–Crippen LogP) is 0.979. The van der Waals surface area contributed by atoms with E-state index in [1.54, 1.807) is 19.0 Å². The smallest absolute Gasteiger partial charge is 0.243 e. The quantitative estimate of drug-likeness (QED) is 0.418. The Morgan fingerprint density at radius 3 is 2.76 bits per heavy atom. The van der Waals surface area contributed by atoms with Crippen molar-refractivity contribution in [2.24, 2.45) is 4.99 Å². The maximum absolute atomic E-state index is 11.6. The third-order valence-electron chi connectivity index (χ3n) is 3.47. The minimum absolute atomic E-state index is 0.000470. The first kappa shape index (κ1) is 17.8. The zero-order chi connectivity index (χ0) is 15.5.